The monoisotopic (exact) mass is 320 g/mol. The van der Waals surface area contributed by atoms with E-state index in [4.69, 9.17) is 0 Å². The molecule has 2 atom stereocenters. The molecule has 120 valence electrons. The Morgan fingerprint density at radius 3 is 2.82 bits per heavy atom. The molecule has 1 fully saturated rings. The van der Waals surface area contributed by atoms with Crippen molar-refractivity contribution >= 4 is 23.2 Å². The molecule has 1 aliphatic heterocycles. The highest BCUT2D eigenvalue weighted by molar-refractivity contribution is 7.10. The van der Waals surface area contributed by atoms with Gasteiger partial charge in [-0.2, -0.15) is 0 Å². The molecule has 2 unspecified atom stereocenters. The van der Waals surface area contributed by atoms with Crippen LogP contribution in [0.25, 0.3) is 0 Å². The van der Waals surface area contributed by atoms with Crippen LogP contribution in [0.15, 0.2) is 5.38 Å². The van der Waals surface area contributed by atoms with Gasteiger partial charge in [0.05, 0.1) is 5.56 Å². The van der Waals surface area contributed by atoms with Crippen molar-refractivity contribution in [3.8, 4) is 0 Å². The Morgan fingerprint density at radius 2 is 2.09 bits per heavy atom. The van der Waals surface area contributed by atoms with Crippen LogP contribution in [0.2, 0.25) is 0 Å². The lowest BCUT2D eigenvalue weighted by Crippen LogP contribution is -2.45. The molecule has 2 aliphatic rings. The van der Waals surface area contributed by atoms with E-state index in [0.717, 1.165) is 37.7 Å². The summed E-state index contributed by atoms with van der Waals surface area (Å²) in [6, 6.07) is -0.277. The lowest BCUT2D eigenvalue weighted by atomic mass is 9.88. The molecule has 0 N–H and O–H groups in total. The summed E-state index contributed by atoms with van der Waals surface area (Å²) < 4.78 is 0. The molecule has 1 aliphatic carbocycles. The minimum absolute atomic E-state index is 0.0450. The van der Waals surface area contributed by atoms with Gasteiger partial charge in [0.25, 0.3) is 5.91 Å². The highest BCUT2D eigenvalue weighted by Gasteiger charge is 2.37. The summed E-state index contributed by atoms with van der Waals surface area (Å²) in [6.45, 7) is 2.97. The summed E-state index contributed by atoms with van der Waals surface area (Å²) in [5, 5.41) is 2.01. The third kappa shape index (κ3) is 2.67. The highest BCUT2D eigenvalue weighted by atomic mass is 32.1. The molecule has 0 spiro atoms. The summed E-state index contributed by atoms with van der Waals surface area (Å²) >= 11 is 1.72. The maximum absolute atomic E-state index is 13.0. The van der Waals surface area contributed by atoms with Gasteiger partial charge < -0.3 is 9.80 Å². The molecular formula is C17H24N2O2S. The summed E-state index contributed by atoms with van der Waals surface area (Å²) in [5.74, 6) is 0.817. The first kappa shape index (κ1) is 15.5. The molecule has 0 saturated carbocycles. The fourth-order valence-electron chi connectivity index (χ4n) is 3.58. The smallest absolute Gasteiger partial charge is 0.255 e. The fraction of sp³-hybridized carbons (Fsp3) is 0.647. The lowest BCUT2D eigenvalue weighted by Gasteiger charge is -2.27. The van der Waals surface area contributed by atoms with Crippen LogP contribution in [0, 0.1) is 5.92 Å². The van der Waals surface area contributed by atoms with Crippen molar-refractivity contribution < 1.29 is 9.59 Å². The minimum atomic E-state index is -0.277. The van der Waals surface area contributed by atoms with Crippen LogP contribution in [0.5, 0.6) is 0 Å². The van der Waals surface area contributed by atoms with Gasteiger partial charge >= 0.3 is 0 Å². The zero-order valence-electron chi connectivity index (χ0n) is 13.6. The first-order valence-corrected chi connectivity index (χ1v) is 8.98. The summed E-state index contributed by atoms with van der Waals surface area (Å²) in [6.07, 6.45) is 4.95. The van der Waals surface area contributed by atoms with E-state index in [2.05, 4.69) is 6.92 Å². The molecule has 4 nitrogen and oxygen atoms in total. The van der Waals surface area contributed by atoms with Crippen LogP contribution < -0.4 is 0 Å². The molecule has 5 heteroatoms. The van der Waals surface area contributed by atoms with E-state index in [1.165, 1.54) is 10.4 Å². The summed E-state index contributed by atoms with van der Waals surface area (Å²) in [5.41, 5.74) is 2.10. The number of hydrogen-bond donors (Lipinski definition) is 0. The Bertz CT molecular complexity index is 593. The summed E-state index contributed by atoms with van der Waals surface area (Å²) in [4.78, 5) is 30.0. The number of rotatable bonds is 2. The largest absolute Gasteiger partial charge is 0.347 e. The first-order chi connectivity index (χ1) is 10.5. The zero-order valence-corrected chi connectivity index (χ0v) is 14.4. The molecule has 0 aromatic carbocycles. The van der Waals surface area contributed by atoms with Crippen LogP contribution in [0.4, 0.5) is 0 Å². The Balaban J connectivity index is 1.84. The van der Waals surface area contributed by atoms with E-state index in [1.807, 2.05) is 5.38 Å². The molecule has 1 aromatic heterocycles. The first-order valence-electron chi connectivity index (χ1n) is 8.10. The van der Waals surface area contributed by atoms with Crippen molar-refractivity contribution in [2.75, 3.05) is 20.6 Å². The standard InChI is InChI=1S/C17H24N2O2S/c1-11-6-7-12-13(10-22-15(12)9-11)16(20)19-8-4-5-14(19)17(21)18(2)3/h10-11,14H,4-9H2,1-3H3. The molecule has 2 amide bonds. The van der Waals surface area contributed by atoms with Crippen LogP contribution in [0.1, 0.15) is 47.0 Å². The van der Waals surface area contributed by atoms with Crippen molar-refractivity contribution in [2.45, 2.75) is 45.1 Å². The van der Waals surface area contributed by atoms with Gasteiger partial charge in [0, 0.05) is 30.9 Å². The van der Waals surface area contributed by atoms with E-state index in [0.29, 0.717) is 12.5 Å². The van der Waals surface area contributed by atoms with Crippen molar-refractivity contribution in [1.82, 2.24) is 9.80 Å². The number of thiophene rings is 1. The van der Waals surface area contributed by atoms with Gasteiger partial charge in [0.15, 0.2) is 0 Å². The van der Waals surface area contributed by atoms with E-state index in [-0.39, 0.29) is 17.9 Å². The third-order valence-electron chi connectivity index (χ3n) is 4.87. The molecule has 0 bridgehead atoms. The Labute approximate surface area is 136 Å². The highest BCUT2D eigenvalue weighted by Crippen LogP contribution is 2.34. The third-order valence-corrected chi connectivity index (χ3v) is 5.92. The second-order valence-corrected chi connectivity index (χ2v) is 7.75. The zero-order chi connectivity index (χ0) is 15.9. The second-order valence-electron chi connectivity index (χ2n) is 6.79. The molecular weight excluding hydrogens is 296 g/mol. The maximum atomic E-state index is 13.0. The van der Waals surface area contributed by atoms with Crippen molar-refractivity contribution in [3.05, 3.63) is 21.4 Å². The van der Waals surface area contributed by atoms with Crippen LogP contribution in [-0.2, 0) is 17.6 Å². The summed E-state index contributed by atoms with van der Waals surface area (Å²) in [7, 11) is 3.52. The number of hydrogen-bond acceptors (Lipinski definition) is 3. The topological polar surface area (TPSA) is 40.6 Å². The number of likely N-dealkylation sites (N-methyl/N-ethyl adjacent to an activating group) is 1. The molecule has 0 radical (unpaired) electrons. The van der Waals surface area contributed by atoms with Gasteiger partial charge in [0.2, 0.25) is 5.91 Å². The Kier molecular flexibility index (Phi) is 4.26. The van der Waals surface area contributed by atoms with Gasteiger partial charge in [-0.15, -0.1) is 11.3 Å². The predicted molar refractivity (Wildman–Crippen MR) is 88.3 cm³/mol. The normalized spacial score (nSPS) is 24.2. The van der Waals surface area contributed by atoms with Crippen molar-refractivity contribution in [3.63, 3.8) is 0 Å². The lowest BCUT2D eigenvalue weighted by molar-refractivity contribution is -0.132. The number of carbonyl (C=O) groups is 2. The van der Waals surface area contributed by atoms with Crippen LogP contribution in [-0.4, -0.2) is 48.3 Å². The van der Waals surface area contributed by atoms with Crippen molar-refractivity contribution in [1.29, 1.82) is 0 Å². The maximum Gasteiger partial charge on any atom is 0.255 e. The molecule has 22 heavy (non-hydrogen) atoms. The van der Waals surface area contributed by atoms with Crippen LogP contribution in [0.3, 0.4) is 0 Å². The Hall–Kier alpha value is -1.36. The second kappa shape index (κ2) is 6.03. The minimum Gasteiger partial charge on any atom is -0.347 e. The number of nitrogens with zero attached hydrogens (tertiary/aromatic N) is 2. The molecule has 1 saturated heterocycles. The number of carbonyl (C=O) groups excluding carboxylic acids is 2. The van der Waals surface area contributed by atoms with Crippen molar-refractivity contribution in [2.24, 2.45) is 5.92 Å². The molecule has 2 heterocycles. The number of likely N-dealkylation sites (tertiary alicyclic amines) is 1. The van der Waals surface area contributed by atoms with E-state index < -0.39 is 0 Å². The van der Waals surface area contributed by atoms with Crippen LogP contribution >= 0.6 is 11.3 Å². The average molecular weight is 320 g/mol. The number of amides is 2. The SMILES string of the molecule is CC1CCc2c(C(=O)N3CCCC3C(=O)N(C)C)csc2C1. The van der Waals surface area contributed by atoms with Gasteiger partial charge in [-0.1, -0.05) is 6.92 Å². The average Bonchev–Trinajstić information content (AvgIpc) is 3.11. The fourth-order valence-corrected chi connectivity index (χ4v) is 4.81. The van der Waals surface area contributed by atoms with Gasteiger partial charge in [-0.3, -0.25) is 9.59 Å². The van der Waals surface area contributed by atoms with E-state index >= 15 is 0 Å². The van der Waals surface area contributed by atoms with Gasteiger partial charge in [0.1, 0.15) is 6.04 Å². The van der Waals surface area contributed by atoms with E-state index in [9.17, 15) is 9.59 Å². The molecule has 1 aromatic rings. The quantitative estimate of drug-likeness (QED) is 0.840. The number of fused-ring (bicyclic) bond motifs is 1. The van der Waals surface area contributed by atoms with Gasteiger partial charge in [-0.05, 0) is 43.6 Å². The van der Waals surface area contributed by atoms with Gasteiger partial charge in [-0.25, -0.2) is 0 Å². The Morgan fingerprint density at radius 1 is 1.32 bits per heavy atom. The predicted octanol–water partition coefficient (Wildman–Crippen LogP) is 2.57. The molecule has 3 rings (SSSR count). The van der Waals surface area contributed by atoms with E-state index in [1.54, 1.807) is 35.2 Å².